The van der Waals surface area contributed by atoms with Crippen LogP contribution in [0.25, 0.3) is 0 Å². The predicted molar refractivity (Wildman–Crippen MR) is 120 cm³/mol. The summed E-state index contributed by atoms with van der Waals surface area (Å²) in [7, 11) is 0. The first-order valence-electron chi connectivity index (χ1n) is 11.1. The zero-order valence-corrected chi connectivity index (χ0v) is 18.9. The van der Waals surface area contributed by atoms with Crippen LogP contribution in [0.1, 0.15) is 52.0 Å². The van der Waals surface area contributed by atoms with Gasteiger partial charge < -0.3 is 19.7 Å². The monoisotopic (exact) mass is 424 g/mol. The number of allylic oxidation sites excluding steroid dienone is 3. The fourth-order valence-electron chi connectivity index (χ4n) is 4.95. The van der Waals surface area contributed by atoms with Crippen LogP contribution in [0, 0.1) is 5.41 Å². The molecule has 0 spiro atoms. The fourth-order valence-corrected chi connectivity index (χ4v) is 4.95. The van der Waals surface area contributed by atoms with Crippen molar-refractivity contribution in [3.63, 3.8) is 0 Å². The number of benzene rings is 1. The molecule has 1 atom stereocenters. The van der Waals surface area contributed by atoms with Crippen LogP contribution < -0.4 is 10.2 Å². The van der Waals surface area contributed by atoms with Crippen molar-refractivity contribution in [3.8, 4) is 0 Å². The number of esters is 1. The summed E-state index contributed by atoms with van der Waals surface area (Å²) in [6.07, 6.45) is 1.26. The lowest BCUT2D eigenvalue weighted by Gasteiger charge is -2.39. The van der Waals surface area contributed by atoms with Crippen LogP contribution in [0.2, 0.25) is 0 Å². The molecule has 1 fully saturated rings. The van der Waals surface area contributed by atoms with Gasteiger partial charge in [-0.3, -0.25) is 4.79 Å². The second kappa shape index (κ2) is 8.50. The molecule has 1 saturated heterocycles. The predicted octanol–water partition coefficient (Wildman–Crippen LogP) is 3.69. The summed E-state index contributed by atoms with van der Waals surface area (Å²) in [5.41, 5.74) is 4.93. The van der Waals surface area contributed by atoms with E-state index >= 15 is 0 Å². The van der Waals surface area contributed by atoms with Crippen LogP contribution in [0.4, 0.5) is 5.69 Å². The zero-order valence-electron chi connectivity index (χ0n) is 18.9. The minimum absolute atomic E-state index is 0.102. The van der Waals surface area contributed by atoms with Crippen molar-refractivity contribution in [2.24, 2.45) is 5.41 Å². The molecule has 0 amide bonds. The highest BCUT2D eigenvalue weighted by Crippen LogP contribution is 2.47. The van der Waals surface area contributed by atoms with E-state index in [1.807, 2.05) is 19.1 Å². The highest BCUT2D eigenvalue weighted by Gasteiger charge is 2.43. The Balaban J connectivity index is 1.75. The van der Waals surface area contributed by atoms with Gasteiger partial charge in [-0.2, -0.15) is 0 Å². The number of hydrogen-bond donors (Lipinski definition) is 1. The van der Waals surface area contributed by atoms with Gasteiger partial charge in [0.25, 0.3) is 0 Å². The van der Waals surface area contributed by atoms with Crippen molar-refractivity contribution in [1.29, 1.82) is 0 Å². The Hall–Kier alpha value is -2.60. The summed E-state index contributed by atoms with van der Waals surface area (Å²) in [6.45, 7) is 11.4. The topological polar surface area (TPSA) is 67.9 Å². The van der Waals surface area contributed by atoms with Gasteiger partial charge in [-0.05, 0) is 43.4 Å². The normalized spacial score (nSPS) is 23.4. The summed E-state index contributed by atoms with van der Waals surface area (Å²) in [6, 6.07) is 8.26. The van der Waals surface area contributed by atoms with Gasteiger partial charge in [0.05, 0.1) is 25.4 Å². The quantitative estimate of drug-likeness (QED) is 0.744. The van der Waals surface area contributed by atoms with Gasteiger partial charge in [-0.25, -0.2) is 4.79 Å². The van der Waals surface area contributed by atoms with Crippen LogP contribution >= 0.6 is 0 Å². The number of hydrogen-bond acceptors (Lipinski definition) is 6. The van der Waals surface area contributed by atoms with Gasteiger partial charge in [0.15, 0.2) is 5.78 Å². The number of nitrogens with zero attached hydrogens (tertiary/aromatic N) is 1. The summed E-state index contributed by atoms with van der Waals surface area (Å²) in [4.78, 5) is 28.5. The summed E-state index contributed by atoms with van der Waals surface area (Å²) >= 11 is 0. The molecule has 0 saturated carbocycles. The Bertz CT molecular complexity index is 937. The van der Waals surface area contributed by atoms with Crippen LogP contribution in [0.5, 0.6) is 0 Å². The van der Waals surface area contributed by atoms with E-state index in [1.54, 1.807) is 6.92 Å². The highest BCUT2D eigenvalue weighted by molar-refractivity contribution is 6.04. The van der Waals surface area contributed by atoms with E-state index in [2.05, 4.69) is 36.2 Å². The van der Waals surface area contributed by atoms with E-state index in [9.17, 15) is 9.59 Å². The third-order valence-corrected chi connectivity index (χ3v) is 6.34. The molecule has 1 aromatic carbocycles. The van der Waals surface area contributed by atoms with Gasteiger partial charge in [-0.1, -0.05) is 26.0 Å². The maximum absolute atomic E-state index is 13.3. The van der Waals surface area contributed by atoms with Crippen LogP contribution in [-0.4, -0.2) is 44.7 Å². The molecule has 6 nitrogen and oxygen atoms in total. The van der Waals surface area contributed by atoms with Crippen LogP contribution in [-0.2, 0) is 19.1 Å². The molecular weight excluding hydrogens is 392 g/mol. The number of ketones is 1. The van der Waals surface area contributed by atoms with Crippen molar-refractivity contribution >= 4 is 17.4 Å². The summed E-state index contributed by atoms with van der Waals surface area (Å²) in [5, 5.41) is 3.37. The van der Waals surface area contributed by atoms with E-state index in [4.69, 9.17) is 9.47 Å². The molecule has 1 aromatic rings. The SMILES string of the molecule is CCOC(=O)C1=C(C)NC2=C(C(=O)CC(C)(C)C2)[C@@H]1c1ccc(N2CCOCC2)cc1. The van der Waals surface area contributed by atoms with Gasteiger partial charge in [-0.15, -0.1) is 0 Å². The molecule has 0 unspecified atom stereocenters. The number of anilines is 1. The molecule has 31 heavy (non-hydrogen) atoms. The lowest BCUT2D eigenvalue weighted by molar-refractivity contribution is -0.138. The van der Waals surface area contributed by atoms with Crippen molar-refractivity contribution in [3.05, 3.63) is 52.4 Å². The lowest BCUT2D eigenvalue weighted by Crippen LogP contribution is -2.38. The number of ether oxygens (including phenoxy) is 2. The maximum atomic E-state index is 13.3. The van der Waals surface area contributed by atoms with E-state index < -0.39 is 5.92 Å². The van der Waals surface area contributed by atoms with Gasteiger partial charge in [0.1, 0.15) is 0 Å². The highest BCUT2D eigenvalue weighted by atomic mass is 16.5. The number of Topliss-reactive ketones (excluding diaryl/α,β-unsaturated/α-hetero) is 1. The second-order valence-electron chi connectivity index (χ2n) is 9.34. The average Bonchev–Trinajstić information content (AvgIpc) is 2.72. The van der Waals surface area contributed by atoms with E-state index in [1.165, 1.54) is 0 Å². The number of carbonyl (C=O) groups is 2. The Labute approximate surface area is 184 Å². The first-order chi connectivity index (χ1) is 14.8. The van der Waals surface area contributed by atoms with Gasteiger partial charge in [0.2, 0.25) is 0 Å². The molecule has 166 valence electrons. The first kappa shape index (κ1) is 21.6. The standard InChI is InChI=1S/C25H32N2O4/c1-5-31-24(29)21-16(2)26-19-14-25(3,4)15-20(28)23(19)22(21)17-6-8-18(9-7-17)27-10-12-30-13-11-27/h6-9,22,26H,5,10-15H2,1-4H3/t22-/m1/s1. The molecule has 6 heteroatoms. The molecule has 0 radical (unpaired) electrons. The molecule has 1 N–H and O–H groups in total. The number of dihydropyridines is 1. The molecule has 3 aliphatic rings. The molecular formula is C25H32N2O4. The van der Waals surface area contributed by atoms with Crippen molar-refractivity contribution in [2.75, 3.05) is 37.8 Å². The first-order valence-corrected chi connectivity index (χ1v) is 11.1. The minimum atomic E-state index is -0.405. The third-order valence-electron chi connectivity index (χ3n) is 6.34. The summed E-state index contributed by atoms with van der Waals surface area (Å²) < 4.78 is 10.8. The van der Waals surface area contributed by atoms with E-state index in [0.717, 1.165) is 55.4 Å². The van der Waals surface area contributed by atoms with Crippen molar-refractivity contribution in [1.82, 2.24) is 5.32 Å². The van der Waals surface area contributed by atoms with E-state index in [0.29, 0.717) is 24.2 Å². The maximum Gasteiger partial charge on any atom is 0.336 e. The lowest BCUT2D eigenvalue weighted by atomic mass is 9.68. The fraction of sp³-hybridized carbons (Fsp3) is 0.520. The molecule has 1 aliphatic carbocycles. The average molecular weight is 425 g/mol. The molecule has 0 bridgehead atoms. The minimum Gasteiger partial charge on any atom is -0.463 e. The molecule has 2 heterocycles. The van der Waals surface area contributed by atoms with Crippen LogP contribution in [0.3, 0.4) is 0 Å². The molecule has 0 aromatic heterocycles. The summed E-state index contributed by atoms with van der Waals surface area (Å²) in [5.74, 6) is -0.660. The molecule has 2 aliphatic heterocycles. The van der Waals surface area contributed by atoms with Crippen LogP contribution in [0.15, 0.2) is 46.8 Å². The number of nitrogens with one attached hydrogen (secondary N) is 1. The number of morpholine rings is 1. The zero-order chi connectivity index (χ0) is 22.2. The smallest absolute Gasteiger partial charge is 0.336 e. The Kier molecular flexibility index (Phi) is 5.93. The van der Waals surface area contributed by atoms with Gasteiger partial charge in [0, 0.05) is 48.1 Å². The largest absolute Gasteiger partial charge is 0.463 e. The number of carbonyl (C=O) groups excluding carboxylic acids is 2. The Morgan fingerprint density at radius 3 is 2.52 bits per heavy atom. The van der Waals surface area contributed by atoms with E-state index in [-0.39, 0.29) is 17.2 Å². The van der Waals surface area contributed by atoms with Crippen molar-refractivity contribution in [2.45, 2.75) is 46.5 Å². The molecule has 4 rings (SSSR count). The Morgan fingerprint density at radius 2 is 1.87 bits per heavy atom. The number of rotatable bonds is 4. The van der Waals surface area contributed by atoms with Crippen molar-refractivity contribution < 1.29 is 19.1 Å². The van der Waals surface area contributed by atoms with Gasteiger partial charge >= 0.3 is 5.97 Å². The Morgan fingerprint density at radius 1 is 1.19 bits per heavy atom. The second-order valence-corrected chi connectivity index (χ2v) is 9.34. The third kappa shape index (κ3) is 4.26.